The van der Waals surface area contributed by atoms with E-state index in [2.05, 4.69) is 34.6 Å². The SMILES string of the molecule is CC[C@@H]1C[C@H](C)[C@H](C)[C@H](C)[C@H]1C. The van der Waals surface area contributed by atoms with Gasteiger partial charge in [-0.2, -0.15) is 0 Å². The Kier molecular flexibility index (Phi) is 3.20. The molecule has 0 spiro atoms. The summed E-state index contributed by atoms with van der Waals surface area (Å²) in [5.74, 6) is 4.75. The van der Waals surface area contributed by atoms with Gasteiger partial charge < -0.3 is 0 Å². The molecule has 0 saturated heterocycles. The Morgan fingerprint density at radius 2 is 1.50 bits per heavy atom. The second-order valence-electron chi connectivity index (χ2n) is 4.96. The van der Waals surface area contributed by atoms with Crippen molar-refractivity contribution in [3.8, 4) is 0 Å². The maximum atomic E-state index is 2.45. The molecule has 0 aromatic heterocycles. The molecule has 0 heteroatoms. The lowest BCUT2D eigenvalue weighted by Crippen LogP contribution is -2.34. The summed E-state index contributed by atoms with van der Waals surface area (Å²) in [7, 11) is 0. The molecule has 0 amide bonds. The van der Waals surface area contributed by atoms with E-state index in [1.54, 1.807) is 0 Å². The van der Waals surface area contributed by atoms with Crippen LogP contribution in [0.5, 0.6) is 0 Å². The zero-order chi connectivity index (χ0) is 9.30. The van der Waals surface area contributed by atoms with Gasteiger partial charge in [0.1, 0.15) is 0 Å². The summed E-state index contributed by atoms with van der Waals surface area (Å²) < 4.78 is 0. The van der Waals surface area contributed by atoms with Crippen LogP contribution in [0.25, 0.3) is 0 Å². The molecule has 72 valence electrons. The van der Waals surface area contributed by atoms with E-state index in [4.69, 9.17) is 0 Å². The number of rotatable bonds is 1. The van der Waals surface area contributed by atoms with E-state index in [9.17, 15) is 0 Å². The van der Waals surface area contributed by atoms with Crippen LogP contribution in [0, 0.1) is 29.6 Å². The highest BCUT2D eigenvalue weighted by atomic mass is 14.4. The predicted octanol–water partition coefficient (Wildman–Crippen LogP) is 3.96. The maximum Gasteiger partial charge on any atom is -0.0386 e. The summed E-state index contributed by atoms with van der Waals surface area (Å²) in [6.45, 7) is 12.1. The molecule has 5 atom stereocenters. The Bertz CT molecular complexity index is 134. The van der Waals surface area contributed by atoms with Crippen LogP contribution in [0.4, 0.5) is 0 Å². The van der Waals surface area contributed by atoms with Crippen LogP contribution >= 0.6 is 0 Å². The second kappa shape index (κ2) is 3.81. The Balaban J connectivity index is 2.63. The summed E-state index contributed by atoms with van der Waals surface area (Å²) in [5.41, 5.74) is 0. The highest BCUT2D eigenvalue weighted by Gasteiger charge is 2.34. The van der Waals surface area contributed by atoms with E-state index < -0.39 is 0 Å². The van der Waals surface area contributed by atoms with Crippen molar-refractivity contribution in [2.75, 3.05) is 0 Å². The molecule has 0 aromatic carbocycles. The van der Waals surface area contributed by atoms with Gasteiger partial charge in [-0.25, -0.2) is 0 Å². The van der Waals surface area contributed by atoms with Crippen molar-refractivity contribution in [1.29, 1.82) is 0 Å². The van der Waals surface area contributed by atoms with Crippen LogP contribution in [0.3, 0.4) is 0 Å². The molecule has 0 aromatic rings. The standard InChI is InChI=1S/C12H24/c1-6-12-7-8(2)9(3)10(4)11(12)5/h8-12H,6-7H2,1-5H3/t8-,9-,10-,11+,12+/m0/s1. The van der Waals surface area contributed by atoms with Crippen LogP contribution in [0.1, 0.15) is 47.5 Å². The number of hydrogen-bond donors (Lipinski definition) is 0. The van der Waals surface area contributed by atoms with Crippen molar-refractivity contribution >= 4 is 0 Å². The molecule has 1 saturated carbocycles. The average molecular weight is 168 g/mol. The van der Waals surface area contributed by atoms with Gasteiger partial charge in [0.25, 0.3) is 0 Å². The first-order valence-electron chi connectivity index (χ1n) is 5.57. The molecule has 1 rings (SSSR count). The minimum absolute atomic E-state index is 0.929. The van der Waals surface area contributed by atoms with Gasteiger partial charge in [-0.15, -0.1) is 0 Å². The Morgan fingerprint density at radius 1 is 0.917 bits per heavy atom. The van der Waals surface area contributed by atoms with Crippen LogP contribution in [-0.4, -0.2) is 0 Å². The van der Waals surface area contributed by atoms with Gasteiger partial charge in [0.15, 0.2) is 0 Å². The lowest BCUT2D eigenvalue weighted by molar-refractivity contribution is 0.0737. The van der Waals surface area contributed by atoms with Gasteiger partial charge >= 0.3 is 0 Å². The summed E-state index contributed by atoms with van der Waals surface area (Å²) in [5, 5.41) is 0. The molecule has 0 N–H and O–H groups in total. The van der Waals surface area contributed by atoms with Gasteiger partial charge in [0, 0.05) is 0 Å². The zero-order valence-corrected chi connectivity index (χ0v) is 9.30. The lowest BCUT2D eigenvalue weighted by Gasteiger charge is -2.42. The monoisotopic (exact) mass is 168 g/mol. The van der Waals surface area contributed by atoms with Crippen molar-refractivity contribution in [2.24, 2.45) is 29.6 Å². The highest BCUT2D eigenvalue weighted by molar-refractivity contribution is 4.84. The smallest absolute Gasteiger partial charge is 0.0386 e. The molecule has 0 aliphatic heterocycles. The normalized spacial score (nSPS) is 49.2. The van der Waals surface area contributed by atoms with Crippen molar-refractivity contribution in [3.05, 3.63) is 0 Å². The van der Waals surface area contributed by atoms with Crippen molar-refractivity contribution < 1.29 is 0 Å². The van der Waals surface area contributed by atoms with Crippen molar-refractivity contribution in [1.82, 2.24) is 0 Å². The van der Waals surface area contributed by atoms with Gasteiger partial charge in [-0.3, -0.25) is 0 Å². The molecule has 0 bridgehead atoms. The van der Waals surface area contributed by atoms with Crippen molar-refractivity contribution in [2.45, 2.75) is 47.5 Å². The maximum absolute atomic E-state index is 2.45. The van der Waals surface area contributed by atoms with E-state index in [0.29, 0.717) is 0 Å². The van der Waals surface area contributed by atoms with Crippen LogP contribution in [-0.2, 0) is 0 Å². The zero-order valence-electron chi connectivity index (χ0n) is 9.30. The predicted molar refractivity (Wildman–Crippen MR) is 55.1 cm³/mol. The van der Waals surface area contributed by atoms with Gasteiger partial charge in [0.05, 0.1) is 0 Å². The molecule has 1 aliphatic carbocycles. The molecular weight excluding hydrogens is 144 g/mol. The fourth-order valence-electron chi connectivity index (χ4n) is 2.87. The third-order valence-corrected chi connectivity index (χ3v) is 4.50. The Hall–Kier alpha value is 0. The molecular formula is C12H24. The first-order valence-corrected chi connectivity index (χ1v) is 5.57. The Labute approximate surface area is 77.7 Å². The van der Waals surface area contributed by atoms with Crippen LogP contribution in [0.15, 0.2) is 0 Å². The lowest BCUT2D eigenvalue weighted by atomic mass is 9.63. The van der Waals surface area contributed by atoms with E-state index in [1.807, 2.05) is 0 Å². The van der Waals surface area contributed by atoms with E-state index >= 15 is 0 Å². The van der Waals surface area contributed by atoms with Gasteiger partial charge in [-0.05, 0) is 36.0 Å². The minimum atomic E-state index is 0.929. The molecule has 12 heavy (non-hydrogen) atoms. The third kappa shape index (κ3) is 1.67. The van der Waals surface area contributed by atoms with Crippen LogP contribution < -0.4 is 0 Å². The van der Waals surface area contributed by atoms with Gasteiger partial charge in [-0.1, -0.05) is 41.0 Å². The topological polar surface area (TPSA) is 0 Å². The van der Waals surface area contributed by atoms with Crippen LogP contribution in [0.2, 0.25) is 0 Å². The molecule has 0 unspecified atom stereocenters. The summed E-state index contributed by atoms with van der Waals surface area (Å²) >= 11 is 0. The molecule has 0 heterocycles. The first-order chi connectivity index (χ1) is 5.57. The first kappa shape index (κ1) is 10.1. The van der Waals surface area contributed by atoms with E-state index in [-0.39, 0.29) is 0 Å². The fourth-order valence-corrected chi connectivity index (χ4v) is 2.87. The number of hydrogen-bond acceptors (Lipinski definition) is 0. The molecule has 0 nitrogen and oxygen atoms in total. The summed E-state index contributed by atoms with van der Waals surface area (Å²) in [6.07, 6.45) is 2.84. The van der Waals surface area contributed by atoms with Crippen molar-refractivity contribution in [3.63, 3.8) is 0 Å². The molecule has 1 fully saturated rings. The quantitative estimate of drug-likeness (QED) is 0.556. The molecule has 1 aliphatic rings. The fraction of sp³-hybridized carbons (Fsp3) is 1.00. The van der Waals surface area contributed by atoms with E-state index in [1.165, 1.54) is 12.8 Å². The Morgan fingerprint density at radius 3 is 2.00 bits per heavy atom. The average Bonchev–Trinajstić information content (AvgIpc) is 2.08. The highest BCUT2D eigenvalue weighted by Crippen LogP contribution is 2.42. The third-order valence-electron chi connectivity index (χ3n) is 4.50. The second-order valence-corrected chi connectivity index (χ2v) is 4.96. The van der Waals surface area contributed by atoms with Gasteiger partial charge in [0.2, 0.25) is 0 Å². The van der Waals surface area contributed by atoms with E-state index in [0.717, 1.165) is 29.6 Å². The molecule has 0 radical (unpaired) electrons. The minimum Gasteiger partial charge on any atom is -0.0651 e. The summed E-state index contributed by atoms with van der Waals surface area (Å²) in [6, 6.07) is 0. The largest absolute Gasteiger partial charge is 0.0651 e. The summed E-state index contributed by atoms with van der Waals surface area (Å²) in [4.78, 5) is 0.